The van der Waals surface area contributed by atoms with Crippen LogP contribution in [0.4, 0.5) is 0 Å². The Morgan fingerprint density at radius 3 is 2.59 bits per heavy atom. The van der Waals surface area contributed by atoms with E-state index in [0.29, 0.717) is 24.6 Å². The van der Waals surface area contributed by atoms with Crippen molar-refractivity contribution in [3.8, 4) is 11.4 Å². The molecule has 27 heavy (non-hydrogen) atoms. The molecular formula is C21H22BrN3O2. The van der Waals surface area contributed by atoms with Crippen molar-refractivity contribution in [2.45, 2.75) is 38.6 Å². The summed E-state index contributed by atoms with van der Waals surface area (Å²) in [5, 5.41) is 7.02. The van der Waals surface area contributed by atoms with E-state index in [-0.39, 0.29) is 11.9 Å². The van der Waals surface area contributed by atoms with Crippen LogP contribution in [0.3, 0.4) is 0 Å². The van der Waals surface area contributed by atoms with Gasteiger partial charge in [-0.25, -0.2) is 0 Å². The highest BCUT2D eigenvalue weighted by atomic mass is 79.9. The maximum Gasteiger partial charge on any atom is 0.227 e. The Balaban J connectivity index is 1.43. The van der Waals surface area contributed by atoms with Crippen LogP contribution >= 0.6 is 15.9 Å². The summed E-state index contributed by atoms with van der Waals surface area (Å²) in [6.07, 6.45) is 2.62. The van der Waals surface area contributed by atoms with E-state index < -0.39 is 0 Å². The van der Waals surface area contributed by atoms with Gasteiger partial charge in [-0.05, 0) is 49.6 Å². The largest absolute Gasteiger partial charge is 0.354 e. The zero-order valence-electron chi connectivity index (χ0n) is 15.2. The van der Waals surface area contributed by atoms with Crippen molar-refractivity contribution in [1.29, 1.82) is 0 Å². The van der Waals surface area contributed by atoms with Gasteiger partial charge in [0.05, 0.1) is 0 Å². The van der Waals surface area contributed by atoms with Crippen molar-refractivity contribution < 1.29 is 9.32 Å². The topological polar surface area (TPSA) is 68.0 Å². The lowest BCUT2D eigenvalue weighted by Gasteiger charge is -2.13. The quantitative estimate of drug-likeness (QED) is 0.571. The molecule has 140 valence electrons. The number of halogens is 1. The highest BCUT2D eigenvalue weighted by Gasteiger charge is 2.12. The molecule has 3 aromatic rings. The molecule has 0 saturated heterocycles. The van der Waals surface area contributed by atoms with E-state index in [2.05, 4.69) is 43.5 Å². The summed E-state index contributed by atoms with van der Waals surface area (Å²) < 4.78 is 6.25. The fraction of sp³-hybridized carbons (Fsp3) is 0.286. The second-order valence-electron chi connectivity index (χ2n) is 6.51. The monoisotopic (exact) mass is 427 g/mol. The fourth-order valence-electron chi connectivity index (χ4n) is 2.74. The summed E-state index contributed by atoms with van der Waals surface area (Å²) in [7, 11) is 0. The van der Waals surface area contributed by atoms with Crippen LogP contribution < -0.4 is 5.32 Å². The molecule has 1 aromatic heterocycles. The second-order valence-corrected chi connectivity index (χ2v) is 7.43. The molecule has 0 aliphatic heterocycles. The van der Waals surface area contributed by atoms with Crippen molar-refractivity contribution in [3.63, 3.8) is 0 Å². The van der Waals surface area contributed by atoms with Crippen molar-refractivity contribution in [2.24, 2.45) is 0 Å². The molecule has 5 nitrogen and oxygen atoms in total. The molecule has 0 bridgehead atoms. The van der Waals surface area contributed by atoms with Gasteiger partial charge in [-0.3, -0.25) is 4.79 Å². The lowest BCUT2D eigenvalue weighted by Crippen LogP contribution is -2.33. The van der Waals surface area contributed by atoms with Crippen LogP contribution in [0.25, 0.3) is 11.4 Å². The van der Waals surface area contributed by atoms with Gasteiger partial charge in [0.1, 0.15) is 0 Å². The van der Waals surface area contributed by atoms with Crippen molar-refractivity contribution >= 4 is 21.8 Å². The standard InChI is InChI=1S/C21H22BrN3O2/c1-15(7-8-16-5-3-2-4-6-16)23-19(26)13-14-20-24-21(25-27-20)17-9-11-18(22)12-10-17/h2-6,9-12,15H,7-8,13-14H2,1H3,(H,23,26)/t15-/m0/s1. The normalized spacial score (nSPS) is 11.9. The molecule has 0 fully saturated rings. The summed E-state index contributed by atoms with van der Waals surface area (Å²) >= 11 is 3.40. The molecule has 1 atom stereocenters. The van der Waals surface area contributed by atoms with Gasteiger partial charge in [0, 0.05) is 28.9 Å². The van der Waals surface area contributed by atoms with E-state index in [9.17, 15) is 4.79 Å². The Morgan fingerprint density at radius 1 is 1.11 bits per heavy atom. The SMILES string of the molecule is C[C@@H](CCc1ccccc1)NC(=O)CCc1nc(-c2ccc(Br)cc2)no1. The van der Waals surface area contributed by atoms with Gasteiger partial charge < -0.3 is 9.84 Å². The lowest BCUT2D eigenvalue weighted by molar-refractivity contribution is -0.121. The summed E-state index contributed by atoms with van der Waals surface area (Å²) in [6.45, 7) is 2.03. The number of hydrogen-bond acceptors (Lipinski definition) is 4. The van der Waals surface area contributed by atoms with Crippen LogP contribution in [0.2, 0.25) is 0 Å². The Hall–Kier alpha value is -2.47. The predicted octanol–water partition coefficient (Wildman–Crippen LogP) is 4.57. The molecule has 1 heterocycles. The van der Waals surface area contributed by atoms with E-state index >= 15 is 0 Å². The third-order valence-electron chi connectivity index (χ3n) is 4.25. The number of carbonyl (C=O) groups is 1. The van der Waals surface area contributed by atoms with E-state index in [1.807, 2.05) is 49.4 Å². The minimum Gasteiger partial charge on any atom is -0.354 e. The molecule has 0 aliphatic carbocycles. The molecule has 0 aliphatic rings. The summed E-state index contributed by atoms with van der Waals surface area (Å²) in [5.74, 6) is 1.01. The maximum absolute atomic E-state index is 12.1. The van der Waals surface area contributed by atoms with E-state index in [1.165, 1.54) is 5.56 Å². The molecule has 0 saturated carbocycles. The van der Waals surface area contributed by atoms with Crippen LogP contribution in [0.1, 0.15) is 31.2 Å². The number of benzene rings is 2. The van der Waals surface area contributed by atoms with Crippen LogP contribution in [0, 0.1) is 0 Å². The first-order chi connectivity index (χ1) is 13.1. The molecule has 1 N–H and O–H groups in total. The number of aromatic nitrogens is 2. The smallest absolute Gasteiger partial charge is 0.227 e. The first-order valence-corrected chi connectivity index (χ1v) is 9.81. The van der Waals surface area contributed by atoms with Crippen LogP contribution in [0.15, 0.2) is 63.6 Å². The molecule has 0 spiro atoms. The zero-order chi connectivity index (χ0) is 19.1. The molecule has 0 radical (unpaired) electrons. The molecule has 2 aromatic carbocycles. The highest BCUT2D eigenvalue weighted by molar-refractivity contribution is 9.10. The van der Waals surface area contributed by atoms with E-state index in [4.69, 9.17) is 4.52 Å². The maximum atomic E-state index is 12.1. The first-order valence-electron chi connectivity index (χ1n) is 9.02. The summed E-state index contributed by atoms with van der Waals surface area (Å²) in [4.78, 5) is 16.5. The Labute approximate surface area is 167 Å². The first kappa shape index (κ1) is 19.3. The fourth-order valence-corrected chi connectivity index (χ4v) is 3.00. The summed E-state index contributed by atoms with van der Waals surface area (Å²) in [5.41, 5.74) is 2.16. The Kier molecular flexibility index (Phi) is 6.76. The van der Waals surface area contributed by atoms with Crippen molar-refractivity contribution in [1.82, 2.24) is 15.5 Å². The Bertz CT molecular complexity index is 863. The number of amides is 1. The number of carbonyl (C=O) groups excluding carboxylic acids is 1. The van der Waals surface area contributed by atoms with Crippen LogP contribution in [-0.2, 0) is 17.6 Å². The third-order valence-corrected chi connectivity index (χ3v) is 4.78. The molecular weight excluding hydrogens is 406 g/mol. The predicted molar refractivity (Wildman–Crippen MR) is 108 cm³/mol. The number of nitrogens with zero attached hydrogens (tertiary/aromatic N) is 2. The van der Waals surface area contributed by atoms with Gasteiger partial charge in [-0.2, -0.15) is 4.98 Å². The molecule has 1 amide bonds. The summed E-state index contributed by atoms with van der Waals surface area (Å²) in [6, 6.07) is 18.1. The molecule has 3 rings (SSSR count). The lowest BCUT2D eigenvalue weighted by atomic mass is 10.1. The molecule has 0 unspecified atom stereocenters. The number of aryl methyl sites for hydroxylation is 2. The van der Waals surface area contributed by atoms with Gasteiger partial charge in [0.15, 0.2) is 0 Å². The van der Waals surface area contributed by atoms with Gasteiger partial charge in [0.2, 0.25) is 17.6 Å². The van der Waals surface area contributed by atoms with Crippen molar-refractivity contribution in [3.05, 3.63) is 70.5 Å². The van der Waals surface area contributed by atoms with Gasteiger partial charge in [-0.15, -0.1) is 0 Å². The average molecular weight is 428 g/mol. The van der Waals surface area contributed by atoms with E-state index in [0.717, 1.165) is 22.9 Å². The van der Waals surface area contributed by atoms with Crippen LogP contribution in [-0.4, -0.2) is 22.1 Å². The molecule has 6 heteroatoms. The minimum atomic E-state index is -0.000969. The van der Waals surface area contributed by atoms with Crippen molar-refractivity contribution in [2.75, 3.05) is 0 Å². The third kappa shape index (κ3) is 6.03. The van der Waals surface area contributed by atoms with Crippen LogP contribution in [0.5, 0.6) is 0 Å². The number of rotatable bonds is 8. The Morgan fingerprint density at radius 2 is 1.85 bits per heavy atom. The average Bonchev–Trinajstić information content (AvgIpc) is 3.15. The minimum absolute atomic E-state index is 0.000969. The van der Waals surface area contributed by atoms with Gasteiger partial charge in [-0.1, -0.05) is 51.4 Å². The zero-order valence-corrected chi connectivity index (χ0v) is 16.8. The van der Waals surface area contributed by atoms with Gasteiger partial charge in [0.25, 0.3) is 0 Å². The van der Waals surface area contributed by atoms with E-state index in [1.54, 1.807) is 0 Å². The van der Waals surface area contributed by atoms with Gasteiger partial charge >= 0.3 is 0 Å². The number of nitrogens with one attached hydrogen (secondary N) is 1. The second kappa shape index (κ2) is 9.46. The number of hydrogen-bond donors (Lipinski definition) is 1. The highest BCUT2D eigenvalue weighted by Crippen LogP contribution is 2.19.